The number of hydrogen-bond donors (Lipinski definition) is 1. The average molecular weight is 236 g/mol. The van der Waals surface area contributed by atoms with Crippen LogP contribution in [0.3, 0.4) is 0 Å². The van der Waals surface area contributed by atoms with E-state index >= 15 is 0 Å². The second-order valence-corrected chi connectivity index (χ2v) is 3.77. The normalized spacial score (nSPS) is 12.5. The van der Waals surface area contributed by atoms with Gasteiger partial charge in [0.05, 0.1) is 0 Å². The van der Waals surface area contributed by atoms with E-state index in [-0.39, 0.29) is 17.9 Å². The highest BCUT2D eigenvalue weighted by atomic mass is 19.1. The molecule has 0 spiro atoms. The summed E-state index contributed by atoms with van der Waals surface area (Å²) in [6, 6.07) is 4.06. The fourth-order valence-corrected chi connectivity index (χ4v) is 1.43. The molecule has 2 aromatic rings. The molecule has 1 heterocycles. The molecule has 1 aromatic carbocycles. The Balaban J connectivity index is 2.32. The topological polar surface area (TPSA) is 66.0 Å². The first-order valence-corrected chi connectivity index (χ1v) is 5.15. The fraction of sp³-hybridized carbons (Fsp3) is 0.273. The van der Waals surface area contributed by atoms with Gasteiger partial charge in [-0.2, -0.15) is 4.98 Å². The molecule has 0 amide bonds. The molecule has 2 N–H and O–H groups in total. The number of aryl methyl sites for hydroxylation is 1. The molecule has 0 aliphatic heterocycles. The molecule has 1 aromatic heterocycles. The highest BCUT2D eigenvalue weighted by Gasteiger charge is 2.12. The number of rotatable bonds is 3. The van der Waals surface area contributed by atoms with Crippen LogP contribution in [-0.4, -0.2) is 14.8 Å². The second-order valence-electron chi connectivity index (χ2n) is 3.77. The van der Waals surface area contributed by atoms with Gasteiger partial charge < -0.3 is 10.5 Å². The van der Waals surface area contributed by atoms with Crippen molar-refractivity contribution >= 4 is 0 Å². The molecule has 1 atom stereocenters. The maximum Gasteiger partial charge on any atom is 0.340 e. The standard InChI is InChI=1S/C11H13FN4O/c1-7(13)9-5-8(12)3-4-10(9)17-11-14-6-16(2)15-11/h3-7H,13H2,1-2H3/t7-/m0/s1. The minimum atomic E-state index is -0.348. The molecule has 0 radical (unpaired) electrons. The lowest BCUT2D eigenvalue weighted by molar-refractivity contribution is 0.429. The molecule has 0 unspecified atom stereocenters. The van der Waals surface area contributed by atoms with Gasteiger partial charge in [-0.3, -0.25) is 4.68 Å². The molecule has 6 heteroatoms. The Morgan fingerprint density at radius 2 is 2.24 bits per heavy atom. The quantitative estimate of drug-likeness (QED) is 0.881. The molecule has 2 rings (SSSR count). The van der Waals surface area contributed by atoms with Gasteiger partial charge >= 0.3 is 6.01 Å². The first-order chi connectivity index (χ1) is 8.06. The van der Waals surface area contributed by atoms with Crippen molar-refractivity contribution in [2.75, 3.05) is 0 Å². The predicted octanol–water partition coefficient (Wildman–Crippen LogP) is 1.77. The molecular weight excluding hydrogens is 223 g/mol. The summed E-state index contributed by atoms with van der Waals surface area (Å²) in [5.41, 5.74) is 6.33. The van der Waals surface area contributed by atoms with Gasteiger partial charge in [-0.15, -0.1) is 5.10 Å². The van der Waals surface area contributed by atoms with Crippen LogP contribution in [0.4, 0.5) is 4.39 Å². The van der Waals surface area contributed by atoms with Crippen LogP contribution in [0.5, 0.6) is 11.8 Å². The SMILES string of the molecule is C[C@H](N)c1cc(F)ccc1Oc1ncn(C)n1. The first kappa shape index (κ1) is 11.5. The van der Waals surface area contributed by atoms with E-state index in [0.29, 0.717) is 11.3 Å². The van der Waals surface area contributed by atoms with Gasteiger partial charge in [0.25, 0.3) is 0 Å². The van der Waals surface area contributed by atoms with Gasteiger partial charge in [-0.25, -0.2) is 4.39 Å². The Bertz CT molecular complexity index is 524. The van der Waals surface area contributed by atoms with Crippen LogP contribution in [0.15, 0.2) is 24.5 Å². The first-order valence-electron chi connectivity index (χ1n) is 5.15. The van der Waals surface area contributed by atoms with E-state index in [2.05, 4.69) is 10.1 Å². The molecule has 0 aliphatic carbocycles. The highest BCUT2D eigenvalue weighted by molar-refractivity contribution is 5.37. The number of halogens is 1. The molecule has 0 saturated heterocycles. The molecule has 0 aliphatic rings. The van der Waals surface area contributed by atoms with Crippen molar-refractivity contribution in [3.8, 4) is 11.8 Å². The van der Waals surface area contributed by atoms with Crippen LogP contribution < -0.4 is 10.5 Å². The van der Waals surface area contributed by atoms with Gasteiger partial charge in [0.1, 0.15) is 17.9 Å². The second kappa shape index (κ2) is 4.50. The van der Waals surface area contributed by atoms with Crippen LogP contribution in [-0.2, 0) is 7.05 Å². The largest absolute Gasteiger partial charge is 0.423 e. The van der Waals surface area contributed by atoms with Crippen LogP contribution in [0.1, 0.15) is 18.5 Å². The summed E-state index contributed by atoms with van der Waals surface area (Å²) < 4.78 is 20.1. The molecule has 0 fully saturated rings. The van der Waals surface area contributed by atoms with E-state index in [4.69, 9.17) is 10.5 Å². The summed E-state index contributed by atoms with van der Waals surface area (Å²) in [5, 5.41) is 3.98. The van der Waals surface area contributed by atoms with E-state index in [1.54, 1.807) is 14.0 Å². The lowest BCUT2D eigenvalue weighted by Gasteiger charge is -2.11. The van der Waals surface area contributed by atoms with Crippen LogP contribution >= 0.6 is 0 Å². The zero-order chi connectivity index (χ0) is 12.4. The highest BCUT2D eigenvalue weighted by Crippen LogP contribution is 2.27. The Labute approximate surface area is 98.0 Å². The van der Waals surface area contributed by atoms with Gasteiger partial charge in [-0.1, -0.05) is 0 Å². The zero-order valence-electron chi connectivity index (χ0n) is 9.59. The Hall–Kier alpha value is -1.95. The van der Waals surface area contributed by atoms with Crippen LogP contribution in [0.2, 0.25) is 0 Å². The summed E-state index contributed by atoms with van der Waals surface area (Å²) in [5.74, 6) is 0.117. The van der Waals surface area contributed by atoms with E-state index in [1.807, 2.05) is 0 Å². The number of aromatic nitrogens is 3. The minimum absolute atomic E-state index is 0.209. The van der Waals surface area contributed by atoms with Crippen molar-refractivity contribution in [1.82, 2.24) is 14.8 Å². The number of nitrogens with two attached hydrogens (primary N) is 1. The molecule has 0 saturated carbocycles. The van der Waals surface area contributed by atoms with Crippen molar-refractivity contribution in [1.29, 1.82) is 0 Å². The van der Waals surface area contributed by atoms with Crippen molar-refractivity contribution in [2.24, 2.45) is 12.8 Å². The number of nitrogens with zero attached hydrogens (tertiary/aromatic N) is 3. The number of hydrogen-bond acceptors (Lipinski definition) is 4. The van der Waals surface area contributed by atoms with Gasteiger partial charge in [0, 0.05) is 18.7 Å². The Morgan fingerprint density at radius 3 is 2.82 bits per heavy atom. The average Bonchev–Trinajstić information content (AvgIpc) is 2.66. The maximum atomic E-state index is 13.1. The van der Waals surface area contributed by atoms with Crippen molar-refractivity contribution < 1.29 is 9.13 Å². The summed E-state index contributed by atoms with van der Waals surface area (Å²) >= 11 is 0. The summed E-state index contributed by atoms with van der Waals surface area (Å²) in [7, 11) is 1.73. The molecule has 17 heavy (non-hydrogen) atoms. The lowest BCUT2D eigenvalue weighted by atomic mass is 10.1. The maximum absolute atomic E-state index is 13.1. The van der Waals surface area contributed by atoms with Crippen LogP contribution in [0, 0.1) is 5.82 Å². The summed E-state index contributed by atoms with van der Waals surface area (Å²) in [6.45, 7) is 1.76. The predicted molar refractivity (Wildman–Crippen MR) is 60.1 cm³/mol. The third kappa shape index (κ3) is 2.59. The molecular formula is C11H13FN4O. The third-order valence-corrected chi connectivity index (χ3v) is 2.24. The summed E-state index contributed by atoms with van der Waals surface area (Å²) in [6.07, 6.45) is 1.52. The van der Waals surface area contributed by atoms with Crippen molar-refractivity contribution in [3.63, 3.8) is 0 Å². The number of benzene rings is 1. The van der Waals surface area contributed by atoms with Gasteiger partial charge in [-0.05, 0) is 25.1 Å². The van der Waals surface area contributed by atoms with Crippen molar-refractivity contribution in [2.45, 2.75) is 13.0 Å². The Kier molecular flexibility index (Phi) is 3.06. The lowest BCUT2D eigenvalue weighted by Crippen LogP contribution is -2.07. The van der Waals surface area contributed by atoms with Crippen molar-refractivity contribution in [3.05, 3.63) is 35.9 Å². The molecule has 5 nitrogen and oxygen atoms in total. The minimum Gasteiger partial charge on any atom is -0.423 e. The third-order valence-electron chi connectivity index (χ3n) is 2.24. The van der Waals surface area contributed by atoms with E-state index in [1.165, 1.54) is 29.2 Å². The van der Waals surface area contributed by atoms with E-state index < -0.39 is 0 Å². The zero-order valence-corrected chi connectivity index (χ0v) is 9.59. The molecule has 90 valence electrons. The summed E-state index contributed by atoms with van der Waals surface area (Å²) in [4.78, 5) is 3.93. The monoisotopic (exact) mass is 236 g/mol. The number of ether oxygens (including phenoxy) is 1. The fourth-order valence-electron chi connectivity index (χ4n) is 1.43. The van der Waals surface area contributed by atoms with Crippen LogP contribution in [0.25, 0.3) is 0 Å². The van der Waals surface area contributed by atoms with E-state index in [0.717, 1.165) is 0 Å². The van der Waals surface area contributed by atoms with Gasteiger partial charge in [0.15, 0.2) is 0 Å². The van der Waals surface area contributed by atoms with E-state index in [9.17, 15) is 4.39 Å². The molecule has 0 bridgehead atoms. The Morgan fingerprint density at radius 1 is 1.47 bits per heavy atom. The van der Waals surface area contributed by atoms with Gasteiger partial charge in [0.2, 0.25) is 0 Å². The smallest absolute Gasteiger partial charge is 0.340 e.